The summed E-state index contributed by atoms with van der Waals surface area (Å²) in [6.07, 6.45) is 1.81. The van der Waals surface area contributed by atoms with Gasteiger partial charge in [-0.2, -0.15) is 0 Å². The summed E-state index contributed by atoms with van der Waals surface area (Å²) in [6.45, 7) is 1.94. The first-order valence-electron chi connectivity index (χ1n) is 6.71. The van der Waals surface area contributed by atoms with Crippen LogP contribution in [0.25, 0.3) is 0 Å². The molecule has 1 saturated heterocycles. The second-order valence-corrected chi connectivity index (χ2v) is 4.89. The van der Waals surface area contributed by atoms with Crippen molar-refractivity contribution in [1.82, 2.24) is 5.32 Å². The normalized spacial score (nSPS) is 15.5. The SMILES string of the molecule is O=C(NCC1CCOCC1)Nc1ccc(C(=O)O)c(F)c1. The summed E-state index contributed by atoms with van der Waals surface area (Å²) in [6, 6.07) is 3.01. The first kappa shape index (κ1) is 15.2. The van der Waals surface area contributed by atoms with E-state index in [1.165, 1.54) is 6.07 Å². The van der Waals surface area contributed by atoms with E-state index in [-0.39, 0.29) is 5.69 Å². The highest BCUT2D eigenvalue weighted by Gasteiger charge is 2.15. The highest BCUT2D eigenvalue weighted by atomic mass is 19.1. The molecule has 0 aromatic heterocycles. The predicted molar refractivity (Wildman–Crippen MR) is 73.9 cm³/mol. The summed E-state index contributed by atoms with van der Waals surface area (Å²) in [4.78, 5) is 22.4. The van der Waals surface area contributed by atoms with Gasteiger partial charge in [-0.15, -0.1) is 0 Å². The van der Waals surface area contributed by atoms with Crippen LogP contribution in [-0.2, 0) is 4.74 Å². The van der Waals surface area contributed by atoms with Gasteiger partial charge in [0.15, 0.2) is 0 Å². The third-order valence-electron chi connectivity index (χ3n) is 3.35. The Labute approximate surface area is 121 Å². The Hall–Kier alpha value is -2.15. The molecule has 114 valence electrons. The zero-order chi connectivity index (χ0) is 15.2. The Morgan fingerprint density at radius 2 is 2.05 bits per heavy atom. The topological polar surface area (TPSA) is 87.7 Å². The van der Waals surface area contributed by atoms with Crippen molar-refractivity contribution in [1.29, 1.82) is 0 Å². The van der Waals surface area contributed by atoms with Crippen molar-refractivity contribution in [3.05, 3.63) is 29.6 Å². The van der Waals surface area contributed by atoms with Crippen LogP contribution in [0.2, 0.25) is 0 Å². The van der Waals surface area contributed by atoms with Crippen LogP contribution in [0.15, 0.2) is 18.2 Å². The lowest BCUT2D eigenvalue weighted by molar-refractivity contribution is 0.0670. The van der Waals surface area contributed by atoms with Gasteiger partial charge in [-0.1, -0.05) is 0 Å². The summed E-state index contributed by atoms with van der Waals surface area (Å²) >= 11 is 0. The number of hydrogen-bond donors (Lipinski definition) is 3. The molecule has 0 aliphatic carbocycles. The molecule has 2 rings (SSSR count). The summed E-state index contributed by atoms with van der Waals surface area (Å²) in [5.41, 5.74) is -0.217. The number of nitrogens with one attached hydrogen (secondary N) is 2. The summed E-state index contributed by atoms with van der Waals surface area (Å²) < 4.78 is 18.7. The summed E-state index contributed by atoms with van der Waals surface area (Å²) in [7, 11) is 0. The Morgan fingerprint density at radius 3 is 2.67 bits per heavy atom. The van der Waals surface area contributed by atoms with Crippen LogP contribution >= 0.6 is 0 Å². The number of benzene rings is 1. The number of halogens is 1. The van der Waals surface area contributed by atoms with Crippen molar-refractivity contribution >= 4 is 17.7 Å². The second kappa shape index (κ2) is 7.03. The molecule has 1 fully saturated rings. The third-order valence-corrected chi connectivity index (χ3v) is 3.35. The fourth-order valence-electron chi connectivity index (χ4n) is 2.13. The number of aromatic carboxylic acids is 1. The largest absolute Gasteiger partial charge is 0.478 e. The third kappa shape index (κ3) is 4.42. The number of carboxylic acids is 1. The number of carbonyl (C=O) groups excluding carboxylic acids is 1. The minimum absolute atomic E-state index is 0.210. The van der Waals surface area contributed by atoms with Crippen LogP contribution in [0.3, 0.4) is 0 Å². The monoisotopic (exact) mass is 296 g/mol. The van der Waals surface area contributed by atoms with Crippen molar-refractivity contribution < 1.29 is 23.8 Å². The smallest absolute Gasteiger partial charge is 0.338 e. The molecule has 6 nitrogen and oxygen atoms in total. The molecular weight excluding hydrogens is 279 g/mol. The number of urea groups is 1. The number of hydrogen-bond acceptors (Lipinski definition) is 3. The molecule has 7 heteroatoms. The van der Waals surface area contributed by atoms with E-state index in [0.29, 0.717) is 25.7 Å². The Balaban J connectivity index is 1.84. The maximum Gasteiger partial charge on any atom is 0.338 e. The molecule has 3 N–H and O–H groups in total. The summed E-state index contributed by atoms with van der Waals surface area (Å²) in [5, 5.41) is 13.9. The minimum atomic E-state index is -1.34. The molecule has 0 radical (unpaired) electrons. The van der Waals surface area contributed by atoms with Crippen LogP contribution in [0.5, 0.6) is 0 Å². The Morgan fingerprint density at radius 1 is 1.33 bits per heavy atom. The van der Waals surface area contributed by atoms with Gasteiger partial charge in [0, 0.05) is 25.4 Å². The quantitative estimate of drug-likeness (QED) is 0.793. The van der Waals surface area contributed by atoms with Crippen molar-refractivity contribution in [3.8, 4) is 0 Å². The van der Waals surface area contributed by atoms with E-state index < -0.39 is 23.4 Å². The van der Waals surface area contributed by atoms with Gasteiger partial charge in [-0.05, 0) is 37.0 Å². The average molecular weight is 296 g/mol. The zero-order valence-electron chi connectivity index (χ0n) is 11.4. The average Bonchev–Trinajstić information content (AvgIpc) is 2.46. The molecule has 1 aromatic carbocycles. The number of carbonyl (C=O) groups is 2. The van der Waals surface area contributed by atoms with Crippen molar-refractivity contribution in [2.45, 2.75) is 12.8 Å². The van der Waals surface area contributed by atoms with Crippen molar-refractivity contribution in [3.63, 3.8) is 0 Å². The fourth-order valence-corrected chi connectivity index (χ4v) is 2.13. The highest BCUT2D eigenvalue weighted by Crippen LogP contribution is 2.15. The van der Waals surface area contributed by atoms with Gasteiger partial charge >= 0.3 is 12.0 Å². The molecule has 0 atom stereocenters. The van der Waals surface area contributed by atoms with Crippen LogP contribution < -0.4 is 10.6 Å². The first-order valence-corrected chi connectivity index (χ1v) is 6.71. The molecule has 21 heavy (non-hydrogen) atoms. The van der Waals surface area contributed by atoms with Gasteiger partial charge in [0.2, 0.25) is 0 Å². The number of rotatable bonds is 4. The Kier molecular flexibility index (Phi) is 5.10. The molecular formula is C14H17FN2O4. The van der Waals surface area contributed by atoms with Crippen LogP contribution in [0.1, 0.15) is 23.2 Å². The highest BCUT2D eigenvalue weighted by molar-refractivity contribution is 5.91. The van der Waals surface area contributed by atoms with Gasteiger partial charge in [0.25, 0.3) is 0 Å². The van der Waals surface area contributed by atoms with Crippen LogP contribution in [-0.4, -0.2) is 36.9 Å². The minimum Gasteiger partial charge on any atom is -0.478 e. The molecule has 0 unspecified atom stereocenters. The van der Waals surface area contributed by atoms with E-state index >= 15 is 0 Å². The zero-order valence-corrected chi connectivity index (χ0v) is 11.4. The number of amides is 2. The molecule has 0 saturated carbocycles. The molecule has 1 aromatic rings. The lowest BCUT2D eigenvalue weighted by Crippen LogP contribution is -2.35. The van der Waals surface area contributed by atoms with Gasteiger partial charge in [-0.3, -0.25) is 0 Å². The van der Waals surface area contributed by atoms with Gasteiger partial charge in [-0.25, -0.2) is 14.0 Å². The molecule has 1 heterocycles. The molecule has 2 amide bonds. The van der Waals surface area contributed by atoms with Crippen LogP contribution in [0.4, 0.5) is 14.9 Å². The maximum atomic E-state index is 13.5. The lowest BCUT2D eigenvalue weighted by atomic mass is 10.0. The number of ether oxygens (including phenoxy) is 1. The van der Waals surface area contributed by atoms with Gasteiger partial charge < -0.3 is 20.5 Å². The van der Waals surface area contributed by atoms with Gasteiger partial charge in [0.1, 0.15) is 5.82 Å². The Bertz CT molecular complexity index is 530. The number of anilines is 1. The van der Waals surface area contributed by atoms with E-state index in [9.17, 15) is 14.0 Å². The van der Waals surface area contributed by atoms with E-state index in [0.717, 1.165) is 25.0 Å². The van der Waals surface area contributed by atoms with E-state index in [2.05, 4.69) is 10.6 Å². The standard InChI is InChI=1S/C14H17FN2O4/c15-12-7-10(1-2-11(12)13(18)19)17-14(20)16-8-9-3-5-21-6-4-9/h1-2,7,9H,3-6,8H2,(H,18,19)(H2,16,17,20). The fraction of sp³-hybridized carbons (Fsp3) is 0.429. The first-order chi connectivity index (χ1) is 10.1. The lowest BCUT2D eigenvalue weighted by Gasteiger charge is -2.22. The van der Waals surface area contributed by atoms with E-state index in [4.69, 9.17) is 9.84 Å². The summed E-state index contributed by atoms with van der Waals surface area (Å²) in [5.74, 6) is -1.84. The predicted octanol–water partition coefficient (Wildman–Crippen LogP) is 2.07. The van der Waals surface area contributed by atoms with Crippen molar-refractivity contribution in [2.24, 2.45) is 5.92 Å². The molecule has 1 aliphatic rings. The van der Waals surface area contributed by atoms with Crippen molar-refractivity contribution in [2.75, 3.05) is 25.1 Å². The van der Waals surface area contributed by atoms with E-state index in [1.54, 1.807) is 0 Å². The van der Waals surface area contributed by atoms with Gasteiger partial charge in [0.05, 0.1) is 5.56 Å². The van der Waals surface area contributed by atoms with E-state index in [1.807, 2.05) is 0 Å². The van der Waals surface area contributed by atoms with Crippen LogP contribution in [0, 0.1) is 11.7 Å². The number of carboxylic acid groups (broad SMARTS) is 1. The molecule has 0 bridgehead atoms. The molecule has 0 spiro atoms. The second-order valence-electron chi connectivity index (χ2n) is 4.89. The molecule has 1 aliphatic heterocycles. The maximum absolute atomic E-state index is 13.5.